The van der Waals surface area contributed by atoms with Crippen molar-refractivity contribution in [2.24, 2.45) is 5.73 Å². The number of para-hydroxylation sites is 1. The Morgan fingerprint density at radius 1 is 1.38 bits per heavy atom. The summed E-state index contributed by atoms with van der Waals surface area (Å²) in [5, 5.41) is 0. The van der Waals surface area contributed by atoms with E-state index >= 15 is 0 Å². The van der Waals surface area contributed by atoms with Gasteiger partial charge < -0.3 is 20.1 Å². The predicted molar refractivity (Wildman–Crippen MR) is 84.1 cm³/mol. The molecular formula is C17H26N2O2. The Bertz CT molecular complexity index is 512. The van der Waals surface area contributed by atoms with Crippen molar-refractivity contribution >= 4 is 0 Å². The Hall–Kier alpha value is -1.26. The molecule has 0 aromatic heterocycles. The minimum Gasteiger partial charge on any atom is -0.493 e. The molecule has 4 heteroatoms. The number of rotatable bonds is 5. The van der Waals surface area contributed by atoms with Gasteiger partial charge in [-0.3, -0.25) is 0 Å². The second-order valence-corrected chi connectivity index (χ2v) is 6.57. The molecule has 2 N–H and O–H groups in total. The number of hydrogen-bond donors (Lipinski definition) is 1. The number of nitrogens with two attached hydrogens (primary N) is 1. The van der Waals surface area contributed by atoms with Crippen LogP contribution >= 0.6 is 0 Å². The van der Waals surface area contributed by atoms with Gasteiger partial charge in [0.05, 0.1) is 7.11 Å². The SMILES string of the molecule is COc1c(OC2CCN(C)C2)cccc1C1(C(C)N)CC1. The van der Waals surface area contributed by atoms with E-state index in [1.54, 1.807) is 7.11 Å². The van der Waals surface area contributed by atoms with Gasteiger partial charge in [-0.15, -0.1) is 0 Å². The summed E-state index contributed by atoms with van der Waals surface area (Å²) in [6.07, 6.45) is 3.60. The van der Waals surface area contributed by atoms with Crippen LogP contribution < -0.4 is 15.2 Å². The van der Waals surface area contributed by atoms with Crippen LogP contribution in [0.1, 0.15) is 31.7 Å². The van der Waals surface area contributed by atoms with Crippen LogP contribution in [-0.4, -0.2) is 44.3 Å². The van der Waals surface area contributed by atoms with Crippen LogP contribution in [0.25, 0.3) is 0 Å². The third kappa shape index (κ3) is 2.62. The van der Waals surface area contributed by atoms with E-state index in [1.165, 1.54) is 5.56 Å². The second kappa shape index (κ2) is 5.50. The smallest absolute Gasteiger partial charge is 0.164 e. The Balaban J connectivity index is 1.88. The predicted octanol–water partition coefficient (Wildman–Crippen LogP) is 2.16. The highest BCUT2D eigenvalue weighted by Gasteiger charge is 2.49. The van der Waals surface area contributed by atoms with Gasteiger partial charge in [-0.25, -0.2) is 0 Å². The van der Waals surface area contributed by atoms with Gasteiger partial charge in [0.25, 0.3) is 0 Å². The number of ether oxygens (including phenoxy) is 2. The minimum atomic E-state index is 0.0805. The van der Waals surface area contributed by atoms with Crippen molar-refractivity contribution in [3.8, 4) is 11.5 Å². The molecule has 116 valence electrons. The summed E-state index contributed by atoms with van der Waals surface area (Å²) in [5.74, 6) is 1.74. The molecule has 2 fully saturated rings. The van der Waals surface area contributed by atoms with E-state index in [-0.39, 0.29) is 17.6 Å². The molecule has 0 amide bonds. The third-order valence-electron chi connectivity index (χ3n) is 5.02. The molecule has 1 aromatic rings. The van der Waals surface area contributed by atoms with E-state index in [0.717, 1.165) is 43.9 Å². The molecule has 0 radical (unpaired) electrons. The molecule has 1 saturated carbocycles. The Morgan fingerprint density at radius 2 is 2.14 bits per heavy atom. The maximum absolute atomic E-state index is 6.22. The lowest BCUT2D eigenvalue weighted by molar-refractivity contribution is 0.198. The van der Waals surface area contributed by atoms with Gasteiger partial charge in [0.15, 0.2) is 11.5 Å². The molecule has 1 aromatic carbocycles. The van der Waals surface area contributed by atoms with E-state index in [2.05, 4.69) is 31.0 Å². The number of nitrogens with zero attached hydrogens (tertiary/aromatic N) is 1. The molecule has 21 heavy (non-hydrogen) atoms. The van der Waals surface area contributed by atoms with E-state index in [4.69, 9.17) is 15.2 Å². The quantitative estimate of drug-likeness (QED) is 0.903. The van der Waals surface area contributed by atoms with Crippen molar-refractivity contribution in [3.05, 3.63) is 23.8 Å². The molecule has 2 aliphatic rings. The molecule has 1 heterocycles. The number of methoxy groups -OCH3 is 1. The standard InChI is InChI=1S/C17H26N2O2/c1-12(18)17(8-9-17)14-5-4-6-15(16(14)20-3)21-13-7-10-19(2)11-13/h4-6,12-13H,7-11,18H2,1-3H3. The van der Waals surface area contributed by atoms with E-state index in [0.29, 0.717) is 0 Å². The minimum absolute atomic E-state index is 0.0805. The topological polar surface area (TPSA) is 47.7 Å². The van der Waals surface area contributed by atoms with Crippen molar-refractivity contribution in [3.63, 3.8) is 0 Å². The van der Waals surface area contributed by atoms with Crippen molar-refractivity contribution in [1.29, 1.82) is 0 Å². The lowest BCUT2D eigenvalue weighted by Gasteiger charge is -2.25. The second-order valence-electron chi connectivity index (χ2n) is 6.57. The molecule has 2 atom stereocenters. The summed E-state index contributed by atoms with van der Waals surface area (Å²) in [5.41, 5.74) is 7.51. The van der Waals surface area contributed by atoms with Gasteiger partial charge in [0, 0.05) is 30.1 Å². The molecule has 1 saturated heterocycles. The maximum atomic E-state index is 6.22. The maximum Gasteiger partial charge on any atom is 0.164 e. The van der Waals surface area contributed by atoms with Crippen LogP contribution in [0, 0.1) is 0 Å². The van der Waals surface area contributed by atoms with Gasteiger partial charge in [-0.1, -0.05) is 12.1 Å². The number of hydrogen-bond acceptors (Lipinski definition) is 4. The van der Waals surface area contributed by atoms with Crippen molar-refractivity contribution in [2.75, 3.05) is 27.2 Å². The van der Waals surface area contributed by atoms with Crippen LogP contribution in [-0.2, 0) is 5.41 Å². The molecule has 3 rings (SSSR count). The highest BCUT2D eigenvalue weighted by atomic mass is 16.5. The first-order valence-electron chi connectivity index (χ1n) is 7.85. The largest absolute Gasteiger partial charge is 0.493 e. The van der Waals surface area contributed by atoms with Gasteiger partial charge in [-0.2, -0.15) is 0 Å². The Morgan fingerprint density at radius 3 is 2.67 bits per heavy atom. The van der Waals surface area contributed by atoms with Gasteiger partial charge in [0.1, 0.15) is 6.10 Å². The molecule has 0 bridgehead atoms. The first-order valence-corrected chi connectivity index (χ1v) is 7.85. The van der Waals surface area contributed by atoms with Crippen molar-refractivity contribution < 1.29 is 9.47 Å². The summed E-state index contributed by atoms with van der Waals surface area (Å²) in [6, 6.07) is 6.36. The molecule has 2 unspecified atom stereocenters. The first-order chi connectivity index (χ1) is 10.1. The fraction of sp³-hybridized carbons (Fsp3) is 0.647. The van der Waals surface area contributed by atoms with Crippen LogP contribution in [0.15, 0.2) is 18.2 Å². The highest BCUT2D eigenvalue weighted by Crippen LogP contribution is 2.54. The fourth-order valence-electron chi connectivity index (χ4n) is 3.49. The lowest BCUT2D eigenvalue weighted by Crippen LogP contribution is -2.32. The zero-order valence-electron chi connectivity index (χ0n) is 13.3. The van der Waals surface area contributed by atoms with Crippen LogP contribution in [0.2, 0.25) is 0 Å². The Labute approximate surface area is 127 Å². The van der Waals surface area contributed by atoms with E-state index < -0.39 is 0 Å². The number of likely N-dealkylation sites (tertiary alicyclic amines) is 1. The zero-order valence-corrected chi connectivity index (χ0v) is 13.3. The third-order valence-corrected chi connectivity index (χ3v) is 5.02. The summed E-state index contributed by atoms with van der Waals surface area (Å²) >= 11 is 0. The summed E-state index contributed by atoms with van der Waals surface area (Å²) in [6.45, 7) is 4.16. The van der Waals surface area contributed by atoms with Crippen molar-refractivity contribution in [1.82, 2.24) is 4.90 Å². The number of likely N-dealkylation sites (N-methyl/N-ethyl adjacent to an activating group) is 1. The molecule has 1 aliphatic carbocycles. The van der Waals surface area contributed by atoms with E-state index in [1.807, 2.05) is 6.07 Å². The molecule has 1 aliphatic heterocycles. The zero-order chi connectivity index (χ0) is 15.0. The van der Waals surface area contributed by atoms with Crippen LogP contribution in [0.5, 0.6) is 11.5 Å². The Kier molecular flexibility index (Phi) is 3.84. The average molecular weight is 290 g/mol. The number of benzene rings is 1. The van der Waals surface area contributed by atoms with E-state index in [9.17, 15) is 0 Å². The molecule has 4 nitrogen and oxygen atoms in total. The molecule has 0 spiro atoms. The van der Waals surface area contributed by atoms with Crippen molar-refractivity contribution in [2.45, 2.75) is 43.7 Å². The first kappa shape index (κ1) is 14.7. The average Bonchev–Trinajstić information content (AvgIpc) is 3.18. The highest BCUT2D eigenvalue weighted by molar-refractivity contribution is 5.53. The lowest BCUT2D eigenvalue weighted by atomic mass is 9.88. The summed E-state index contributed by atoms with van der Waals surface area (Å²) in [7, 11) is 3.86. The summed E-state index contributed by atoms with van der Waals surface area (Å²) in [4.78, 5) is 2.30. The monoisotopic (exact) mass is 290 g/mol. The fourth-order valence-corrected chi connectivity index (χ4v) is 3.49. The van der Waals surface area contributed by atoms with Gasteiger partial charge >= 0.3 is 0 Å². The van der Waals surface area contributed by atoms with Gasteiger partial charge in [-0.05, 0) is 39.3 Å². The summed E-state index contributed by atoms with van der Waals surface area (Å²) < 4.78 is 11.9. The van der Waals surface area contributed by atoms with Crippen LogP contribution in [0.3, 0.4) is 0 Å². The van der Waals surface area contributed by atoms with Gasteiger partial charge in [0.2, 0.25) is 0 Å². The normalized spacial score (nSPS) is 25.6. The molecular weight excluding hydrogens is 264 g/mol. The van der Waals surface area contributed by atoms with Crippen LogP contribution in [0.4, 0.5) is 0 Å².